The van der Waals surface area contributed by atoms with Crippen molar-refractivity contribution in [3.63, 3.8) is 0 Å². The Morgan fingerprint density at radius 1 is 1.23 bits per heavy atom. The monoisotopic (exact) mass is 309 g/mol. The average Bonchev–Trinajstić information content (AvgIpc) is 3.09. The standard InChI is InChI=1S/C18H19N3S/c1-13-5-4-6-15(11-13)21-18-16(7-2-3-9-19-18)17(20-21)14-8-10-22-12-14/h4-6,8,10-12,19H,2-3,7,9H2,1H3. The van der Waals surface area contributed by atoms with E-state index in [1.54, 1.807) is 11.3 Å². The third-order valence-electron chi connectivity index (χ3n) is 4.17. The van der Waals surface area contributed by atoms with Crippen LogP contribution in [-0.2, 0) is 6.42 Å². The smallest absolute Gasteiger partial charge is 0.133 e. The Hall–Kier alpha value is -2.07. The van der Waals surface area contributed by atoms with E-state index in [1.807, 2.05) is 0 Å². The quantitative estimate of drug-likeness (QED) is 0.746. The number of aromatic nitrogens is 2. The van der Waals surface area contributed by atoms with Gasteiger partial charge in [-0.25, -0.2) is 4.68 Å². The maximum atomic E-state index is 4.95. The molecule has 0 atom stereocenters. The predicted molar refractivity (Wildman–Crippen MR) is 93.0 cm³/mol. The van der Waals surface area contributed by atoms with Gasteiger partial charge in [0.1, 0.15) is 5.82 Å². The number of nitrogens with one attached hydrogen (secondary N) is 1. The lowest BCUT2D eigenvalue weighted by atomic mass is 10.1. The molecule has 3 aromatic rings. The third kappa shape index (κ3) is 2.33. The first kappa shape index (κ1) is 13.6. The summed E-state index contributed by atoms with van der Waals surface area (Å²) in [4.78, 5) is 0. The maximum Gasteiger partial charge on any atom is 0.133 e. The van der Waals surface area contributed by atoms with Gasteiger partial charge in [-0.1, -0.05) is 12.1 Å². The van der Waals surface area contributed by atoms with Crippen LogP contribution in [0.1, 0.15) is 24.0 Å². The maximum absolute atomic E-state index is 4.95. The van der Waals surface area contributed by atoms with Gasteiger partial charge in [0, 0.05) is 23.1 Å². The molecule has 0 saturated carbocycles. The molecule has 0 unspecified atom stereocenters. The van der Waals surface area contributed by atoms with Crippen LogP contribution in [0.2, 0.25) is 0 Å². The van der Waals surface area contributed by atoms with Gasteiger partial charge in [-0.05, 0) is 55.3 Å². The van der Waals surface area contributed by atoms with Crippen molar-refractivity contribution in [3.8, 4) is 16.9 Å². The molecule has 4 rings (SSSR count). The average molecular weight is 309 g/mol. The topological polar surface area (TPSA) is 29.9 Å². The van der Waals surface area contributed by atoms with Crippen LogP contribution in [0, 0.1) is 6.92 Å². The molecular weight excluding hydrogens is 290 g/mol. The minimum absolute atomic E-state index is 1.02. The molecule has 1 aliphatic rings. The molecular formula is C18H19N3S. The highest BCUT2D eigenvalue weighted by Gasteiger charge is 2.21. The summed E-state index contributed by atoms with van der Waals surface area (Å²) in [5, 5.41) is 12.9. The van der Waals surface area contributed by atoms with Crippen LogP contribution < -0.4 is 5.32 Å². The number of hydrogen-bond acceptors (Lipinski definition) is 3. The Morgan fingerprint density at radius 3 is 3.00 bits per heavy atom. The van der Waals surface area contributed by atoms with Crippen LogP contribution in [0.25, 0.3) is 16.9 Å². The molecule has 0 amide bonds. The molecule has 1 N–H and O–H groups in total. The highest BCUT2D eigenvalue weighted by Crippen LogP contribution is 2.34. The van der Waals surface area contributed by atoms with E-state index in [4.69, 9.17) is 5.10 Å². The number of anilines is 1. The molecule has 4 heteroatoms. The van der Waals surface area contributed by atoms with Crippen LogP contribution in [0.4, 0.5) is 5.82 Å². The van der Waals surface area contributed by atoms with Crippen molar-refractivity contribution in [1.29, 1.82) is 0 Å². The normalized spacial score (nSPS) is 14.2. The van der Waals surface area contributed by atoms with E-state index in [0.29, 0.717) is 0 Å². The number of nitrogens with zero attached hydrogens (tertiary/aromatic N) is 2. The second-order valence-corrected chi connectivity index (χ2v) is 6.60. The molecule has 3 nitrogen and oxygen atoms in total. The first-order valence-electron chi connectivity index (χ1n) is 7.78. The summed E-state index contributed by atoms with van der Waals surface area (Å²) in [7, 11) is 0. The zero-order chi connectivity index (χ0) is 14.9. The van der Waals surface area contributed by atoms with Gasteiger partial charge in [0.2, 0.25) is 0 Å². The van der Waals surface area contributed by atoms with Gasteiger partial charge in [-0.2, -0.15) is 16.4 Å². The number of rotatable bonds is 2. The number of hydrogen-bond donors (Lipinski definition) is 1. The summed E-state index contributed by atoms with van der Waals surface area (Å²) < 4.78 is 2.08. The zero-order valence-corrected chi connectivity index (χ0v) is 13.5. The van der Waals surface area contributed by atoms with Gasteiger partial charge in [0.25, 0.3) is 0 Å². The predicted octanol–water partition coefficient (Wildman–Crippen LogP) is 4.66. The first-order valence-corrected chi connectivity index (χ1v) is 8.72. The van der Waals surface area contributed by atoms with Crippen molar-refractivity contribution in [3.05, 3.63) is 52.2 Å². The Labute approximate surface area is 134 Å². The van der Waals surface area contributed by atoms with Gasteiger partial charge in [-0.15, -0.1) is 0 Å². The van der Waals surface area contributed by atoms with Crippen molar-refractivity contribution in [2.75, 3.05) is 11.9 Å². The Morgan fingerprint density at radius 2 is 2.18 bits per heavy atom. The third-order valence-corrected chi connectivity index (χ3v) is 4.85. The molecule has 1 aromatic carbocycles. The molecule has 2 aromatic heterocycles. The van der Waals surface area contributed by atoms with E-state index in [1.165, 1.54) is 35.3 Å². The largest absolute Gasteiger partial charge is 0.370 e. The highest BCUT2D eigenvalue weighted by atomic mass is 32.1. The summed E-state index contributed by atoms with van der Waals surface area (Å²) in [5.74, 6) is 1.17. The summed E-state index contributed by atoms with van der Waals surface area (Å²) in [5.41, 5.74) is 6.11. The molecule has 0 saturated heterocycles. The Balaban J connectivity index is 1.92. The lowest BCUT2D eigenvalue weighted by Gasteiger charge is -2.09. The molecule has 3 heterocycles. The van der Waals surface area contributed by atoms with Crippen LogP contribution >= 0.6 is 11.3 Å². The summed E-state index contributed by atoms with van der Waals surface area (Å²) in [6.07, 6.45) is 3.53. The fourth-order valence-electron chi connectivity index (χ4n) is 3.08. The highest BCUT2D eigenvalue weighted by molar-refractivity contribution is 7.08. The molecule has 22 heavy (non-hydrogen) atoms. The molecule has 0 bridgehead atoms. The second-order valence-electron chi connectivity index (χ2n) is 5.82. The van der Waals surface area contributed by atoms with Gasteiger partial charge in [-0.3, -0.25) is 0 Å². The van der Waals surface area contributed by atoms with Crippen molar-refractivity contribution in [2.45, 2.75) is 26.2 Å². The number of thiophene rings is 1. The van der Waals surface area contributed by atoms with E-state index >= 15 is 0 Å². The van der Waals surface area contributed by atoms with Crippen LogP contribution in [0.5, 0.6) is 0 Å². The van der Waals surface area contributed by atoms with Crippen molar-refractivity contribution in [2.24, 2.45) is 0 Å². The van der Waals surface area contributed by atoms with E-state index < -0.39 is 0 Å². The SMILES string of the molecule is Cc1cccc(-n2nc(-c3ccsc3)c3c2NCCCC3)c1. The van der Waals surface area contributed by atoms with E-state index in [0.717, 1.165) is 24.3 Å². The lowest BCUT2D eigenvalue weighted by Crippen LogP contribution is -2.07. The fraction of sp³-hybridized carbons (Fsp3) is 0.278. The molecule has 0 radical (unpaired) electrons. The van der Waals surface area contributed by atoms with E-state index in [2.05, 4.69) is 58.0 Å². The van der Waals surface area contributed by atoms with Crippen LogP contribution in [-0.4, -0.2) is 16.3 Å². The molecule has 0 aliphatic carbocycles. The van der Waals surface area contributed by atoms with Crippen molar-refractivity contribution >= 4 is 17.2 Å². The van der Waals surface area contributed by atoms with Crippen molar-refractivity contribution < 1.29 is 0 Å². The Kier molecular flexibility index (Phi) is 3.47. The number of aryl methyl sites for hydroxylation is 1. The zero-order valence-electron chi connectivity index (χ0n) is 12.7. The van der Waals surface area contributed by atoms with Crippen molar-refractivity contribution in [1.82, 2.24) is 9.78 Å². The number of fused-ring (bicyclic) bond motifs is 1. The van der Waals surface area contributed by atoms with Gasteiger partial charge in [0.15, 0.2) is 0 Å². The summed E-state index contributed by atoms with van der Waals surface area (Å²) in [6.45, 7) is 3.15. The molecule has 0 spiro atoms. The summed E-state index contributed by atoms with van der Waals surface area (Å²) >= 11 is 1.73. The molecule has 1 aliphatic heterocycles. The molecule has 0 fully saturated rings. The van der Waals surface area contributed by atoms with Gasteiger partial charge < -0.3 is 5.32 Å². The fourth-order valence-corrected chi connectivity index (χ4v) is 3.72. The van der Waals surface area contributed by atoms with Crippen LogP contribution in [0.3, 0.4) is 0 Å². The lowest BCUT2D eigenvalue weighted by molar-refractivity contribution is 0.780. The van der Waals surface area contributed by atoms with Gasteiger partial charge in [0.05, 0.1) is 11.4 Å². The van der Waals surface area contributed by atoms with E-state index in [9.17, 15) is 0 Å². The summed E-state index contributed by atoms with van der Waals surface area (Å²) in [6, 6.07) is 10.7. The van der Waals surface area contributed by atoms with Gasteiger partial charge >= 0.3 is 0 Å². The van der Waals surface area contributed by atoms with E-state index in [-0.39, 0.29) is 0 Å². The molecule has 112 valence electrons. The van der Waals surface area contributed by atoms with Crippen LogP contribution in [0.15, 0.2) is 41.1 Å². The minimum Gasteiger partial charge on any atom is -0.370 e. The Bertz CT molecular complexity index is 787. The number of benzene rings is 1. The minimum atomic E-state index is 1.02. The first-order chi connectivity index (χ1) is 10.8. The second kappa shape index (κ2) is 5.61.